The van der Waals surface area contributed by atoms with Gasteiger partial charge in [-0.1, -0.05) is 12.1 Å². The van der Waals surface area contributed by atoms with E-state index in [1.165, 1.54) is 0 Å². The Bertz CT molecular complexity index is 619. The number of rotatable bonds is 3. The number of para-hydroxylation sites is 2. The Hall–Kier alpha value is -1.69. The van der Waals surface area contributed by atoms with Crippen molar-refractivity contribution in [2.24, 2.45) is 0 Å². The molecule has 1 aromatic rings. The van der Waals surface area contributed by atoms with Crippen molar-refractivity contribution in [1.29, 1.82) is 0 Å². The number of benzene rings is 1. The van der Waals surface area contributed by atoms with Crippen LogP contribution in [0.25, 0.3) is 0 Å². The number of carbonyl (C=O) groups is 2. The van der Waals surface area contributed by atoms with Gasteiger partial charge in [0.15, 0.2) is 0 Å². The smallest absolute Gasteiger partial charge is 0.248 e. The number of hydrogen-bond acceptors (Lipinski definition) is 4. The standard InChI is InChI=1S/C16H21N3O2S/c1-16-9-8-14(20)19(16)13(10-22-16)15(21)17-11-6-4-5-7-12(11)18(2)3/h4-7,13H,8-10H2,1-3H3,(H,17,21)/t13-,16+/m1/s1. The average molecular weight is 319 g/mol. The number of amides is 2. The predicted molar refractivity (Wildman–Crippen MR) is 90.1 cm³/mol. The Balaban J connectivity index is 1.80. The molecule has 118 valence electrons. The first-order valence-electron chi connectivity index (χ1n) is 7.46. The van der Waals surface area contributed by atoms with E-state index in [9.17, 15) is 9.59 Å². The van der Waals surface area contributed by atoms with Gasteiger partial charge in [-0.3, -0.25) is 9.59 Å². The number of fused-ring (bicyclic) bond motifs is 1. The first kappa shape index (κ1) is 15.2. The van der Waals surface area contributed by atoms with E-state index in [1.807, 2.05) is 43.3 Å². The van der Waals surface area contributed by atoms with Gasteiger partial charge in [-0.15, -0.1) is 11.8 Å². The summed E-state index contributed by atoms with van der Waals surface area (Å²) in [4.78, 5) is 28.3. The average Bonchev–Trinajstić information content (AvgIpc) is 2.96. The van der Waals surface area contributed by atoms with Gasteiger partial charge in [0.2, 0.25) is 11.8 Å². The van der Waals surface area contributed by atoms with Crippen molar-refractivity contribution in [1.82, 2.24) is 4.90 Å². The molecular formula is C16H21N3O2S. The quantitative estimate of drug-likeness (QED) is 0.927. The molecule has 5 nitrogen and oxygen atoms in total. The molecule has 3 rings (SSSR count). The minimum atomic E-state index is -0.375. The molecule has 1 N–H and O–H groups in total. The van der Waals surface area contributed by atoms with Gasteiger partial charge in [-0.05, 0) is 25.5 Å². The molecule has 0 unspecified atom stereocenters. The van der Waals surface area contributed by atoms with E-state index in [4.69, 9.17) is 0 Å². The number of hydrogen-bond donors (Lipinski definition) is 1. The highest BCUT2D eigenvalue weighted by Crippen LogP contribution is 2.47. The summed E-state index contributed by atoms with van der Waals surface area (Å²) in [6.45, 7) is 2.06. The molecule has 22 heavy (non-hydrogen) atoms. The second kappa shape index (κ2) is 5.50. The summed E-state index contributed by atoms with van der Waals surface area (Å²) in [6.07, 6.45) is 1.37. The molecule has 0 saturated carbocycles. The summed E-state index contributed by atoms with van der Waals surface area (Å²) in [5.74, 6) is 0.660. The van der Waals surface area contributed by atoms with Gasteiger partial charge >= 0.3 is 0 Å². The lowest BCUT2D eigenvalue weighted by atomic mass is 10.2. The molecule has 2 fully saturated rings. The van der Waals surface area contributed by atoms with Gasteiger partial charge in [-0.2, -0.15) is 0 Å². The second-order valence-corrected chi connectivity index (χ2v) is 7.67. The van der Waals surface area contributed by atoms with E-state index in [-0.39, 0.29) is 22.7 Å². The van der Waals surface area contributed by atoms with E-state index in [0.717, 1.165) is 17.8 Å². The second-order valence-electron chi connectivity index (χ2n) is 6.17. The van der Waals surface area contributed by atoms with E-state index in [0.29, 0.717) is 12.2 Å². The topological polar surface area (TPSA) is 52.7 Å². The summed E-state index contributed by atoms with van der Waals surface area (Å²) in [5, 5.41) is 3.00. The zero-order valence-corrected chi connectivity index (χ0v) is 13.9. The zero-order chi connectivity index (χ0) is 15.9. The van der Waals surface area contributed by atoms with Gasteiger partial charge in [0.1, 0.15) is 6.04 Å². The van der Waals surface area contributed by atoms with E-state index in [2.05, 4.69) is 12.2 Å². The first-order valence-corrected chi connectivity index (χ1v) is 8.44. The third-order valence-electron chi connectivity index (χ3n) is 4.39. The molecule has 0 bridgehead atoms. The van der Waals surface area contributed by atoms with E-state index >= 15 is 0 Å². The van der Waals surface area contributed by atoms with Crippen LogP contribution in [0, 0.1) is 0 Å². The molecule has 0 radical (unpaired) electrons. The molecule has 6 heteroatoms. The third-order valence-corrected chi connectivity index (χ3v) is 5.90. The Morgan fingerprint density at radius 1 is 1.41 bits per heavy atom. The molecule has 0 aliphatic carbocycles. The van der Waals surface area contributed by atoms with Crippen LogP contribution in [0.3, 0.4) is 0 Å². The van der Waals surface area contributed by atoms with Crippen LogP contribution in [-0.2, 0) is 9.59 Å². The molecule has 2 heterocycles. The number of anilines is 2. The first-order chi connectivity index (χ1) is 10.4. The minimum Gasteiger partial charge on any atom is -0.376 e. The van der Waals surface area contributed by atoms with Gasteiger partial charge in [0, 0.05) is 26.3 Å². The van der Waals surface area contributed by atoms with Crippen LogP contribution in [0.15, 0.2) is 24.3 Å². The summed E-state index contributed by atoms with van der Waals surface area (Å²) in [6, 6.07) is 7.32. The van der Waals surface area contributed by atoms with Crippen LogP contribution < -0.4 is 10.2 Å². The largest absolute Gasteiger partial charge is 0.376 e. The lowest BCUT2D eigenvalue weighted by Crippen LogP contribution is -2.48. The normalized spacial score (nSPS) is 27.0. The lowest BCUT2D eigenvalue weighted by Gasteiger charge is -2.30. The maximum Gasteiger partial charge on any atom is 0.248 e. The zero-order valence-electron chi connectivity index (χ0n) is 13.1. The maximum absolute atomic E-state index is 12.7. The Morgan fingerprint density at radius 3 is 2.86 bits per heavy atom. The van der Waals surface area contributed by atoms with Crippen LogP contribution in [-0.4, -0.2) is 47.5 Å². The van der Waals surface area contributed by atoms with E-state index in [1.54, 1.807) is 16.7 Å². The van der Waals surface area contributed by atoms with Crippen molar-refractivity contribution in [3.63, 3.8) is 0 Å². The van der Waals surface area contributed by atoms with Crippen molar-refractivity contribution in [3.8, 4) is 0 Å². The molecule has 0 spiro atoms. The molecule has 0 aromatic heterocycles. The Kier molecular flexibility index (Phi) is 3.80. The lowest BCUT2D eigenvalue weighted by molar-refractivity contribution is -0.135. The molecule has 1 aromatic carbocycles. The monoisotopic (exact) mass is 319 g/mol. The molecule has 2 atom stereocenters. The van der Waals surface area contributed by atoms with E-state index < -0.39 is 0 Å². The highest BCUT2D eigenvalue weighted by atomic mass is 32.2. The fourth-order valence-electron chi connectivity index (χ4n) is 3.20. The van der Waals surface area contributed by atoms with Gasteiger partial charge in [0.25, 0.3) is 0 Å². The van der Waals surface area contributed by atoms with Crippen molar-refractivity contribution in [3.05, 3.63) is 24.3 Å². The number of nitrogens with one attached hydrogen (secondary N) is 1. The molecular weight excluding hydrogens is 298 g/mol. The van der Waals surface area contributed by atoms with Gasteiger partial charge in [0.05, 0.1) is 16.2 Å². The van der Waals surface area contributed by atoms with Crippen molar-refractivity contribution < 1.29 is 9.59 Å². The fraction of sp³-hybridized carbons (Fsp3) is 0.500. The van der Waals surface area contributed by atoms with Crippen molar-refractivity contribution in [2.45, 2.75) is 30.7 Å². The van der Waals surface area contributed by atoms with Crippen LogP contribution in [0.4, 0.5) is 11.4 Å². The highest BCUT2D eigenvalue weighted by Gasteiger charge is 2.52. The molecule has 2 amide bonds. The van der Waals surface area contributed by atoms with Crippen LogP contribution in [0.1, 0.15) is 19.8 Å². The van der Waals surface area contributed by atoms with Crippen molar-refractivity contribution in [2.75, 3.05) is 30.1 Å². The molecule has 2 aliphatic heterocycles. The number of carbonyl (C=O) groups excluding carboxylic acids is 2. The summed E-state index contributed by atoms with van der Waals surface area (Å²) < 4.78 is 0. The van der Waals surface area contributed by atoms with Crippen LogP contribution in [0.5, 0.6) is 0 Å². The number of thioether (sulfide) groups is 1. The van der Waals surface area contributed by atoms with Crippen LogP contribution in [0.2, 0.25) is 0 Å². The van der Waals surface area contributed by atoms with Gasteiger partial charge in [-0.25, -0.2) is 0 Å². The van der Waals surface area contributed by atoms with Crippen molar-refractivity contribution >= 4 is 35.0 Å². The van der Waals surface area contributed by atoms with Gasteiger partial charge < -0.3 is 15.1 Å². The third kappa shape index (κ3) is 2.45. The fourth-order valence-corrected chi connectivity index (χ4v) is 4.63. The summed E-state index contributed by atoms with van der Waals surface area (Å²) >= 11 is 1.71. The Labute approximate surface area is 135 Å². The molecule has 2 aliphatic rings. The SMILES string of the molecule is CN(C)c1ccccc1NC(=O)[C@H]1CS[C@@]2(C)CCC(=O)N12. The number of nitrogens with zero attached hydrogens (tertiary/aromatic N) is 2. The predicted octanol–water partition coefficient (Wildman–Crippen LogP) is 2.15. The maximum atomic E-state index is 12.7. The highest BCUT2D eigenvalue weighted by molar-refractivity contribution is 8.01. The summed E-state index contributed by atoms with van der Waals surface area (Å²) in [5.41, 5.74) is 1.74. The summed E-state index contributed by atoms with van der Waals surface area (Å²) in [7, 11) is 3.88. The molecule has 2 saturated heterocycles. The van der Waals surface area contributed by atoms with Crippen LogP contribution >= 0.6 is 11.8 Å². The Morgan fingerprint density at radius 2 is 2.14 bits per heavy atom. The minimum absolute atomic E-state index is 0.0912.